The van der Waals surface area contributed by atoms with Gasteiger partial charge in [-0.1, -0.05) is 29.8 Å². The number of hydrogen-bond donors (Lipinski definition) is 3. The number of anilines is 2. The number of H-pyrrole nitrogens is 1. The number of aliphatic hydroxyl groups excluding tert-OH is 1. The van der Waals surface area contributed by atoms with E-state index < -0.39 is 6.04 Å². The third kappa shape index (κ3) is 4.65. The Hall–Kier alpha value is -3.69. The molecule has 3 aromatic heterocycles. The van der Waals surface area contributed by atoms with Crippen LogP contribution in [-0.4, -0.2) is 63.7 Å². The molecule has 1 aliphatic heterocycles. The number of nitrogens with zero attached hydrogens (tertiary/aromatic N) is 5. The van der Waals surface area contributed by atoms with Crippen molar-refractivity contribution in [1.82, 2.24) is 25.3 Å². The fourth-order valence-corrected chi connectivity index (χ4v) is 4.77. The molecule has 1 amide bonds. The summed E-state index contributed by atoms with van der Waals surface area (Å²) in [6, 6.07) is 12.4. The molecular weight excluding hydrogens is 466 g/mol. The Morgan fingerprint density at radius 3 is 2.89 bits per heavy atom. The molecule has 1 aromatic carbocycles. The summed E-state index contributed by atoms with van der Waals surface area (Å²) < 4.78 is 0. The number of benzene rings is 1. The van der Waals surface area contributed by atoms with E-state index in [1.54, 1.807) is 36.8 Å². The molecule has 0 saturated carbocycles. The van der Waals surface area contributed by atoms with E-state index in [2.05, 4.69) is 35.1 Å². The van der Waals surface area contributed by atoms with Crippen LogP contribution >= 0.6 is 11.6 Å². The van der Waals surface area contributed by atoms with Crippen molar-refractivity contribution < 1.29 is 9.90 Å². The summed E-state index contributed by atoms with van der Waals surface area (Å²) in [5.74, 6) is 1.40. The third-order valence-electron chi connectivity index (χ3n) is 6.48. The van der Waals surface area contributed by atoms with Crippen molar-refractivity contribution in [2.45, 2.75) is 18.5 Å². The number of likely N-dealkylation sites (N-methyl/N-ethyl adjacent to an activating group) is 1. The molecule has 0 aliphatic carbocycles. The summed E-state index contributed by atoms with van der Waals surface area (Å²) in [5, 5.41) is 14.1. The summed E-state index contributed by atoms with van der Waals surface area (Å²) in [7, 11) is 2.02. The van der Waals surface area contributed by atoms with Crippen LogP contribution in [0.1, 0.15) is 28.4 Å². The third-order valence-corrected chi connectivity index (χ3v) is 6.83. The second kappa shape index (κ2) is 9.89. The van der Waals surface area contributed by atoms with E-state index in [9.17, 15) is 9.90 Å². The van der Waals surface area contributed by atoms with E-state index in [1.807, 2.05) is 31.4 Å². The van der Waals surface area contributed by atoms with Crippen LogP contribution in [-0.2, 0) is 0 Å². The van der Waals surface area contributed by atoms with Crippen LogP contribution in [0.25, 0.3) is 11.0 Å². The topological polar surface area (TPSA) is 110 Å². The second-order valence-corrected chi connectivity index (χ2v) is 8.98. The molecule has 1 fully saturated rings. The number of fused-ring (bicyclic) bond motifs is 1. The van der Waals surface area contributed by atoms with Crippen molar-refractivity contribution in [3.63, 3.8) is 0 Å². The highest BCUT2D eigenvalue weighted by Crippen LogP contribution is 2.28. The van der Waals surface area contributed by atoms with Gasteiger partial charge in [0.1, 0.15) is 23.6 Å². The molecule has 0 spiro atoms. The highest BCUT2D eigenvalue weighted by Gasteiger charge is 2.28. The lowest BCUT2D eigenvalue weighted by molar-refractivity contribution is 0.0916. The monoisotopic (exact) mass is 491 g/mol. The van der Waals surface area contributed by atoms with Gasteiger partial charge in [-0.3, -0.25) is 4.79 Å². The van der Waals surface area contributed by atoms with Gasteiger partial charge in [-0.15, -0.1) is 0 Å². The van der Waals surface area contributed by atoms with E-state index in [1.165, 1.54) is 0 Å². The van der Waals surface area contributed by atoms with Gasteiger partial charge in [0, 0.05) is 43.6 Å². The first-order chi connectivity index (χ1) is 17.0. The van der Waals surface area contributed by atoms with Crippen LogP contribution in [0.4, 0.5) is 11.6 Å². The Labute approximate surface area is 207 Å². The minimum atomic E-state index is -0.601. The molecule has 0 bridgehead atoms. The molecule has 2 atom stereocenters. The van der Waals surface area contributed by atoms with Crippen molar-refractivity contribution in [3.8, 4) is 0 Å². The molecule has 180 valence electrons. The summed E-state index contributed by atoms with van der Waals surface area (Å²) in [6.45, 7) is 1.44. The van der Waals surface area contributed by atoms with E-state index in [0.29, 0.717) is 16.1 Å². The number of rotatable bonds is 7. The summed E-state index contributed by atoms with van der Waals surface area (Å²) in [5.41, 5.74) is 1.91. The molecule has 4 heterocycles. The lowest BCUT2D eigenvalue weighted by Gasteiger charge is -2.26. The Kier molecular flexibility index (Phi) is 6.52. The SMILES string of the molecule is CN(c1ccc(C(=O)NC(CO)c2ccccc2Cl)cn1)[C@@H]1CCN(c2ncnc3[nH]ccc23)C1. The number of halogens is 1. The molecule has 1 aliphatic rings. The highest BCUT2D eigenvalue weighted by atomic mass is 35.5. The summed E-state index contributed by atoms with van der Waals surface area (Å²) in [4.78, 5) is 33.6. The fraction of sp³-hybridized carbons (Fsp3) is 0.280. The van der Waals surface area contributed by atoms with Gasteiger partial charge in [-0.2, -0.15) is 0 Å². The van der Waals surface area contributed by atoms with Crippen LogP contribution in [0.3, 0.4) is 0 Å². The zero-order valence-electron chi connectivity index (χ0n) is 19.2. The number of pyridine rings is 1. The first-order valence-corrected chi connectivity index (χ1v) is 11.8. The van der Waals surface area contributed by atoms with Crippen LogP contribution in [0.15, 0.2) is 61.2 Å². The van der Waals surface area contributed by atoms with E-state index in [4.69, 9.17) is 11.6 Å². The Morgan fingerprint density at radius 2 is 2.11 bits per heavy atom. The maximum atomic E-state index is 12.8. The van der Waals surface area contributed by atoms with Crippen molar-refractivity contribution in [1.29, 1.82) is 0 Å². The average Bonchev–Trinajstić information content (AvgIpc) is 3.57. The fourth-order valence-electron chi connectivity index (χ4n) is 4.50. The predicted octanol–water partition coefficient (Wildman–Crippen LogP) is 3.18. The Balaban J connectivity index is 1.24. The van der Waals surface area contributed by atoms with Gasteiger partial charge in [0.15, 0.2) is 0 Å². The van der Waals surface area contributed by atoms with Crippen molar-refractivity contribution >= 4 is 40.2 Å². The molecule has 0 radical (unpaired) electrons. The maximum absolute atomic E-state index is 12.8. The first kappa shape index (κ1) is 23.1. The number of amides is 1. The smallest absolute Gasteiger partial charge is 0.253 e. The van der Waals surface area contributed by atoms with Crippen molar-refractivity contribution in [2.24, 2.45) is 0 Å². The average molecular weight is 492 g/mol. The Bertz CT molecular complexity index is 1330. The van der Waals surface area contributed by atoms with Gasteiger partial charge in [-0.05, 0) is 36.2 Å². The number of aromatic nitrogens is 4. The summed E-state index contributed by atoms with van der Waals surface area (Å²) in [6.07, 6.45) is 5.99. The van der Waals surface area contributed by atoms with Crippen LogP contribution in [0.2, 0.25) is 5.02 Å². The lowest BCUT2D eigenvalue weighted by Crippen LogP contribution is -2.35. The van der Waals surface area contributed by atoms with Crippen LogP contribution in [0.5, 0.6) is 0 Å². The van der Waals surface area contributed by atoms with Gasteiger partial charge in [0.05, 0.1) is 23.6 Å². The number of carbonyl (C=O) groups is 1. The standard InChI is InChI=1S/C25H26ClN7O2/c1-32(17-9-11-33(13-17)24-19-8-10-27-23(19)29-15-30-24)22-7-6-16(12-28-22)25(35)31-21(14-34)18-4-2-3-5-20(18)26/h2-8,10,12,15,17,21,34H,9,11,13-14H2,1H3,(H,31,35)(H,27,29,30)/t17-,21?/m1/s1. The maximum Gasteiger partial charge on any atom is 0.253 e. The molecule has 10 heteroatoms. The minimum Gasteiger partial charge on any atom is -0.394 e. The predicted molar refractivity (Wildman–Crippen MR) is 136 cm³/mol. The zero-order chi connectivity index (χ0) is 24.4. The molecule has 5 rings (SSSR count). The second-order valence-electron chi connectivity index (χ2n) is 8.57. The van der Waals surface area contributed by atoms with Crippen LogP contribution < -0.4 is 15.1 Å². The van der Waals surface area contributed by atoms with Gasteiger partial charge >= 0.3 is 0 Å². The molecule has 35 heavy (non-hydrogen) atoms. The number of aliphatic hydroxyl groups is 1. The lowest BCUT2D eigenvalue weighted by atomic mass is 10.1. The normalized spacial score (nSPS) is 16.4. The van der Waals surface area contributed by atoms with Gasteiger partial charge < -0.3 is 25.2 Å². The van der Waals surface area contributed by atoms with E-state index in [-0.39, 0.29) is 18.6 Å². The van der Waals surface area contributed by atoms with E-state index in [0.717, 1.165) is 42.2 Å². The first-order valence-electron chi connectivity index (χ1n) is 11.4. The molecule has 9 nitrogen and oxygen atoms in total. The van der Waals surface area contributed by atoms with E-state index >= 15 is 0 Å². The number of aromatic amines is 1. The van der Waals surface area contributed by atoms with Crippen molar-refractivity contribution in [3.05, 3.63) is 77.3 Å². The number of hydrogen-bond acceptors (Lipinski definition) is 7. The number of nitrogens with one attached hydrogen (secondary N) is 2. The molecule has 1 unspecified atom stereocenters. The van der Waals surface area contributed by atoms with Gasteiger partial charge in [-0.25, -0.2) is 15.0 Å². The quantitative estimate of drug-likeness (QED) is 0.364. The molecule has 3 N–H and O–H groups in total. The van der Waals surface area contributed by atoms with Gasteiger partial charge in [0.25, 0.3) is 5.91 Å². The van der Waals surface area contributed by atoms with Crippen molar-refractivity contribution in [2.75, 3.05) is 36.5 Å². The zero-order valence-corrected chi connectivity index (χ0v) is 20.0. The molecule has 4 aromatic rings. The van der Waals surface area contributed by atoms with Crippen LogP contribution in [0, 0.1) is 0 Å². The summed E-state index contributed by atoms with van der Waals surface area (Å²) >= 11 is 6.22. The number of carbonyl (C=O) groups excluding carboxylic acids is 1. The molecular formula is C25H26ClN7O2. The minimum absolute atomic E-state index is 0.255. The van der Waals surface area contributed by atoms with Gasteiger partial charge in [0.2, 0.25) is 0 Å². The highest BCUT2D eigenvalue weighted by molar-refractivity contribution is 6.31. The largest absolute Gasteiger partial charge is 0.394 e. The molecule has 1 saturated heterocycles. The Morgan fingerprint density at radius 1 is 1.26 bits per heavy atom.